The zero-order valence-electron chi connectivity index (χ0n) is 14.4. The molecule has 2 aromatic rings. The lowest BCUT2D eigenvalue weighted by atomic mass is 10.0. The molecule has 1 N–H and O–H groups in total. The van der Waals surface area contributed by atoms with Gasteiger partial charge in [-0.05, 0) is 42.8 Å². The third-order valence-corrected chi connectivity index (χ3v) is 4.35. The summed E-state index contributed by atoms with van der Waals surface area (Å²) < 4.78 is 77.3. The van der Waals surface area contributed by atoms with Crippen molar-refractivity contribution in [2.45, 2.75) is 31.5 Å². The largest absolute Gasteiger partial charge is 0.416 e. The van der Waals surface area contributed by atoms with Crippen LogP contribution in [-0.2, 0) is 15.7 Å². The van der Waals surface area contributed by atoms with Crippen molar-refractivity contribution in [3.8, 4) is 0 Å². The molecule has 1 aliphatic heterocycles. The van der Waals surface area contributed by atoms with Crippen LogP contribution in [0.1, 0.15) is 35.8 Å². The van der Waals surface area contributed by atoms with Gasteiger partial charge in [0.1, 0.15) is 11.6 Å². The van der Waals surface area contributed by atoms with Gasteiger partial charge >= 0.3 is 6.18 Å². The third kappa shape index (κ3) is 4.63. The summed E-state index contributed by atoms with van der Waals surface area (Å²) in [5.41, 5.74) is -0.471. The first-order valence-corrected chi connectivity index (χ1v) is 8.38. The minimum absolute atomic E-state index is 0.211. The van der Waals surface area contributed by atoms with E-state index in [9.17, 15) is 22.0 Å². The molecule has 0 saturated carbocycles. The van der Waals surface area contributed by atoms with E-state index in [1.807, 2.05) is 0 Å². The Labute approximate surface area is 153 Å². The summed E-state index contributed by atoms with van der Waals surface area (Å²) in [6.07, 6.45) is -6.44. The minimum Gasteiger partial charge on any atom is -0.349 e. The predicted molar refractivity (Wildman–Crippen MR) is 87.8 cm³/mol. The van der Waals surface area contributed by atoms with Crippen LogP contribution in [0.15, 0.2) is 42.5 Å². The molecule has 1 aliphatic rings. The van der Waals surface area contributed by atoms with E-state index >= 15 is 0 Å². The van der Waals surface area contributed by atoms with E-state index in [1.54, 1.807) is 12.1 Å². The van der Waals surface area contributed by atoms with Gasteiger partial charge in [0, 0.05) is 12.1 Å². The van der Waals surface area contributed by atoms with Crippen LogP contribution in [0.25, 0.3) is 0 Å². The Balaban J connectivity index is 1.81. The van der Waals surface area contributed by atoms with Crippen LogP contribution >= 0.6 is 0 Å². The van der Waals surface area contributed by atoms with Crippen molar-refractivity contribution in [3.05, 3.63) is 70.8 Å². The summed E-state index contributed by atoms with van der Waals surface area (Å²) >= 11 is 0. The van der Waals surface area contributed by atoms with E-state index in [0.717, 1.165) is 12.1 Å². The van der Waals surface area contributed by atoms with E-state index in [1.165, 1.54) is 19.1 Å². The summed E-state index contributed by atoms with van der Waals surface area (Å²) in [4.78, 5) is 0. The molecule has 3 nitrogen and oxygen atoms in total. The zero-order valence-corrected chi connectivity index (χ0v) is 14.4. The van der Waals surface area contributed by atoms with Crippen LogP contribution < -0.4 is 5.32 Å². The molecular weight excluding hydrogens is 369 g/mol. The van der Waals surface area contributed by atoms with Gasteiger partial charge in [-0.15, -0.1) is 0 Å². The lowest BCUT2D eigenvalue weighted by Crippen LogP contribution is -2.43. The molecule has 1 unspecified atom stereocenters. The third-order valence-electron chi connectivity index (χ3n) is 4.35. The van der Waals surface area contributed by atoms with Gasteiger partial charge in [-0.25, -0.2) is 8.78 Å². The van der Waals surface area contributed by atoms with Gasteiger partial charge in [0.25, 0.3) is 0 Å². The molecule has 27 heavy (non-hydrogen) atoms. The summed E-state index contributed by atoms with van der Waals surface area (Å²) in [6.45, 7) is 2.30. The van der Waals surface area contributed by atoms with Gasteiger partial charge in [0.2, 0.25) is 0 Å². The summed E-state index contributed by atoms with van der Waals surface area (Å²) in [5.74, 6) is -1.19. The van der Waals surface area contributed by atoms with Crippen molar-refractivity contribution >= 4 is 0 Å². The maximum absolute atomic E-state index is 14.1. The molecule has 0 bridgehead atoms. The summed E-state index contributed by atoms with van der Waals surface area (Å²) in [5, 5.41) is 3.17. The van der Waals surface area contributed by atoms with Crippen molar-refractivity contribution < 1.29 is 31.4 Å². The molecule has 8 heteroatoms. The molecule has 0 spiro atoms. The topological polar surface area (TPSA) is 30.5 Å². The average Bonchev–Trinajstić information content (AvgIpc) is 2.62. The molecule has 0 aliphatic carbocycles. The van der Waals surface area contributed by atoms with Gasteiger partial charge in [-0.3, -0.25) is 0 Å². The average molecular weight is 387 g/mol. The van der Waals surface area contributed by atoms with Crippen LogP contribution in [0, 0.1) is 11.6 Å². The molecule has 3 atom stereocenters. The molecule has 1 fully saturated rings. The molecule has 1 heterocycles. The van der Waals surface area contributed by atoms with Gasteiger partial charge in [-0.1, -0.05) is 12.1 Å². The Morgan fingerprint density at radius 2 is 1.81 bits per heavy atom. The fourth-order valence-electron chi connectivity index (χ4n) is 2.95. The SMILES string of the molecule is CC(O[C@H]1OCCN[C@H]1c1ccc(F)cc1)c1cc(C(F)(F)F)ccc1F. The summed E-state index contributed by atoms with van der Waals surface area (Å²) in [6, 6.07) is 7.44. The van der Waals surface area contributed by atoms with E-state index in [0.29, 0.717) is 24.8 Å². The monoisotopic (exact) mass is 387 g/mol. The number of nitrogens with one attached hydrogen (secondary N) is 1. The zero-order chi connectivity index (χ0) is 19.6. The lowest BCUT2D eigenvalue weighted by molar-refractivity contribution is -0.200. The van der Waals surface area contributed by atoms with Gasteiger partial charge in [0.15, 0.2) is 6.29 Å². The van der Waals surface area contributed by atoms with Crippen molar-refractivity contribution in [1.29, 1.82) is 0 Å². The van der Waals surface area contributed by atoms with Gasteiger partial charge in [0.05, 0.1) is 24.3 Å². The molecule has 146 valence electrons. The van der Waals surface area contributed by atoms with E-state index in [-0.39, 0.29) is 5.56 Å². The minimum atomic E-state index is -4.58. The number of rotatable bonds is 4. The van der Waals surface area contributed by atoms with Crippen LogP contribution in [-0.4, -0.2) is 19.4 Å². The van der Waals surface area contributed by atoms with Crippen molar-refractivity contribution in [2.75, 3.05) is 13.2 Å². The van der Waals surface area contributed by atoms with Crippen LogP contribution in [0.5, 0.6) is 0 Å². The normalized spacial score (nSPS) is 21.9. The Hall–Kier alpha value is -2.03. The smallest absolute Gasteiger partial charge is 0.349 e. The molecular formula is C19H18F5NO2. The van der Waals surface area contributed by atoms with E-state index in [4.69, 9.17) is 9.47 Å². The van der Waals surface area contributed by atoms with E-state index in [2.05, 4.69) is 5.32 Å². The van der Waals surface area contributed by atoms with Crippen molar-refractivity contribution in [2.24, 2.45) is 0 Å². The second-order valence-corrected chi connectivity index (χ2v) is 6.23. The number of hydrogen-bond donors (Lipinski definition) is 1. The second kappa shape index (κ2) is 7.92. The van der Waals surface area contributed by atoms with Gasteiger partial charge in [-0.2, -0.15) is 13.2 Å². The second-order valence-electron chi connectivity index (χ2n) is 6.23. The Morgan fingerprint density at radius 3 is 2.48 bits per heavy atom. The standard InChI is InChI=1S/C19H18F5NO2/c1-11(15-10-13(19(22,23)24)4-7-16(15)21)27-18-17(25-8-9-26-18)12-2-5-14(20)6-3-12/h2-7,10-11,17-18,25H,8-9H2,1H3/t11?,17-,18+/m0/s1. The highest BCUT2D eigenvalue weighted by Gasteiger charge is 2.33. The number of benzene rings is 2. The van der Waals surface area contributed by atoms with Crippen LogP contribution in [0.2, 0.25) is 0 Å². The van der Waals surface area contributed by atoms with Gasteiger partial charge < -0.3 is 14.8 Å². The lowest BCUT2D eigenvalue weighted by Gasteiger charge is -2.34. The molecule has 0 amide bonds. The number of alkyl halides is 3. The fraction of sp³-hybridized carbons (Fsp3) is 0.368. The molecule has 2 aromatic carbocycles. The maximum atomic E-state index is 14.1. The molecule has 3 rings (SSSR count). The highest BCUT2D eigenvalue weighted by Crippen LogP contribution is 2.34. The number of morpholine rings is 1. The quantitative estimate of drug-likeness (QED) is 0.769. The molecule has 1 saturated heterocycles. The first kappa shape index (κ1) is 19.7. The highest BCUT2D eigenvalue weighted by molar-refractivity contribution is 5.29. The number of ether oxygens (including phenoxy) is 2. The first-order valence-electron chi connectivity index (χ1n) is 8.38. The van der Waals surface area contributed by atoms with E-state index < -0.39 is 41.8 Å². The Bertz CT molecular complexity index is 779. The maximum Gasteiger partial charge on any atom is 0.416 e. The van der Waals surface area contributed by atoms with Crippen molar-refractivity contribution in [1.82, 2.24) is 5.32 Å². The predicted octanol–water partition coefficient (Wildman–Crippen LogP) is 4.75. The van der Waals surface area contributed by atoms with Crippen molar-refractivity contribution in [3.63, 3.8) is 0 Å². The molecule has 0 radical (unpaired) electrons. The number of hydrogen-bond acceptors (Lipinski definition) is 3. The summed E-state index contributed by atoms with van der Waals surface area (Å²) in [7, 11) is 0. The first-order chi connectivity index (χ1) is 12.8. The van der Waals surface area contributed by atoms with Crippen LogP contribution in [0.3, 0.4) is 0 Å². The fourth-order valence-corrected chi connectivity index (χ4v) is 2.95. The highest BCUT2D eigenvalue weighted by atomic mass is 19.4. The number of halogens is 5. The van der Waals surface area contributed by atoms with Crippen LogP contribution in [0.4, 0.5) is 22.0 Å². The molecule has 0 aromatic heterocycles. The Kier molecular flexibility index (Phi) is 5.78. The Morgan fingerprint density at radius 1 is 1.11 bits per heavy atom.